The first-order chi connectivity index (χ1) is 10.8. The quantitative estimate of drug-likeness (QED) is 0.893. The molecule has 1 saturated carbocycles. The highest BCUT2D eigenvalue weighted by Crippen LogP contribution is 2.20. The van der Waals surface area contributed by atoms with Crippen LogP contribution in [0.1, 0.15) is 57.6 Å². The average molecular weight is 319 g/mol. The first-order valence-electron chi connectivity index (χ1n) is 8.46. The maximum Gasteiger partial charge on any atom is 0.407 e. The summed E-state index contributed by atoms with van der Waals surface area (Å²) in [7, 11) is 0. The Kier molecular flexibility index (Phi) is 5.99. The fraction of sp³-hybridized carbons (Fsp3) is 0.667. The number of carbonyl (C=O) groups is 1. The number of hydrogen-bond donors (Lipinski definition) is 2. The molecule has 1 fully saturated rings. The van der Waals surface area contributed by atoms with Gasteiger partial charge in [0.05, 0.1) is 0 Å². The Balaban J connectivity index is 1.79. The largest absolute Gasteiger partial charge is 0.444 e. The van der Waals surface area contributed by atoms with E-state index in [1.165, 1.54) is 11.1 Å². The van der Waals surface area contributed by atoms with Gasteiger partial charge in [-0.2, -0.15) is 0 Å². The molecule has 23 heavy (non-hydrogen) atoms. The number of hydrogen-bond acceptors (Lipinski definition) is 4. The molecule has 1 aromatic rings. The minimum absolute atomic E-state index is 0.186. The van der Waals surface area contributed by atoms with Gasteiger partial charge in [-0.25, -0.2) is 4.79 Å². The van der Waals surface area contributed by atoms with E-state index in [-0.39, 0.29) is 12.1 Å². The Hall–Kier alpha value is -1.62. The fourth-order valence-corrected chi connectivity index (χ4v) is 2.92. The molecule has 5 heteroatoms. The van der Waals surface area contributed by atoms with Crippen molar-refractivity contribution >= 4 is 6.09 Å². The van der Waals surface area contributed by atoms with Crippen LogP contribution in [0.5, 0.6) is 0 Å². The van der Waals surface area contributed by atoms with Crippen LogP contribution in [0.4, 0.5) is 4.79 Å². The molecular formula is C18H29N3O2. The van der Waals surface area contributed by atoms with E-state index in [9.17, 15) is 4.79 Å². The van der Waals surface area contributed by atoms with Gasteiger partial charge in [-0.05, 0) is 70.6 Å². The van der Waals surface area contributed by atoms with Crippen LogP contribution in [-0.2, 0) is 11.3 Å². The molecular weight excluding hydrogens is 290 g/mol. The SMILES string of the molecule is Cc1ccncc1CNC1CCCC(NC(=O)OC(C)(C)C)C1. The molecule has 2 N–H and O–H groups in total. The summed E-state index contributed by atoms with van der Waals surface area (Å²) in [5.74, 6) is 0. The van der Waals surface area contributed by atoms with E-state index in [4.69, 9.17) is 4.74 Å². The summed E-state index contributed by atoms with van der Waals surface area (Å²) in [6, 6.07) is 2.64. The van der Waals surface area contributed by atoms with Crippen molar-refractivity contribution in [2.24, 2.45) is 0 Å². The van der Waals surface area contributed by atoms with Crippen LogP contribution in [0, 0.1) is 6.92 Å². The smallest absolute Gasteiger partial charge is 0.407 e. The molecule has 1 aliphatic rings. The first-order valence-corrected chi connectivity index (χ1v) is 8.46. The number of aromatic nitrogens is 1. The lowest BCUT2D eigenvalue weighted by Crippen LogP contribution is -2.45. The van der Waals surface area contributed by atoms with Crippen LogP contribution in [0.15, 0.2) is 18.5 Å². The molecule has 0 aromatic carbocycles. The number of carbonyl (C=O) groups excluding carboxylic acids is 1. The lowest BCUT2D eigenvalue weighted by molar-refractivity contribution is 0.0488. The van der Waals surface area contributed by atoms with Crippen LogP contribution in [0.25, 0.3) is 0 Å². The van der Waals surface area contributed by atoms with Gasteiger partial charge in [0.1, 0.15) is 5.60 Å². The number of pyridine rings is 1. The van der Waals surface area contributed by atoms with Gasteiger partial charge in [0.25, 0.3) is 0 Å². The minimum Gasteiger partial charge on any atom is -0.444 e. The Morgan fingerprint density at radius 2 is 2.09 bits per heavy atom. The number of nitrogens with zero attached hydrogens (tertiary/aromatic N) is 1. The number of rotatable bonds is 4. The van der Waals surface area contributed by atoms with Crippen molar-refractivity contribution in [3.8, 4) is 0 Å². The molecule has 0 saturated heterocycles. The number of nitrogens with one attached hydrogen (secondary N) is 2. The van der Waals surface area contributed by atoms with Crippen molar-refractivity contribution in [1.29, 1.82) is 0 Å². The molecule has 1 aromatic heterocycles. The highest BCUT2D eigenvalue weighted by Gasteiger charge is 2.25. The summed E-state index contributed by atoms with van der Waals surface area (Å²) in [6.45, 7) is 8.58. The average Bonchev–Trinajstić information content (AvgIpc) is 2.45. The molecule has 0 bridgehead atoms. The van der Waals surface area contributed by atoms with Crippen LogP contribution >= 0.6 is 0 Å². The Labute approximate surface area is 139 Å². The second kappa shape index (κ2) is 7.77. The van der Waals surface area contributed by atoms with Crippen molar-refractivity contribution in [2.45, 2.75) is 77.6 Å². The van der Waals surface area contributed by atoms with E-state index < -0.39 is 5.60 Å². The molecule has 5 nitrogen and oxygen atoms in total. The van der Waals surface area contributed by atoms with Crippen LogP contribution in [-0.4, -0.2) is 28.8 Å². The van der Waals surface area contributed by atoms with Gasteiger partial charge in [0, 0.05) is 31.0 Å². The summed E-state index contributed by atoms with van der Waals surface area (Å²) in [5.41, 5.74) is 2.04. The summed E-state index contributed by atoms with van der Waals surface area (Å²) < 4.78 is 5.34. The fourth-order valence-electron chi connectivity index (χ4n) is 2.92. The molecule has 1 aliphatic carbocycles. The zero-order valence-corrected chi connectivity index (χ0v) is 14.7. The summed E-state index contributed by atoms with van der Waals surface area (Å²) in [5, 5.41) is 6.60. The third kappa shape index (κ3) is 6.18. The van der Waals surface area contributed by atoms with E-state index in [0.29, 0.717) is 6.04 Å². The van der Waals surface area contributed by atoms with E-state index in [1.54, 1.807) is 0 Å². The van der Waals surface area contributed by atoms with Crippen molar-refractivity contribution < 1.29 is 9.53 Å². The first kappa shape index (κ1) is 17.7. The summed E-state index contributed by atoms with van der Waals surface area (Å²) in [4.78, 5) is 16.1. The second-order valence-electron chi connectivity index (χ2n) is 7.39. The van der Waals surface area contributed by atoms with Crippen LogP contribution < -0.4 is 10.6 Å². The summed E-state index contributed by atoms with van der Waals surface area (Å²) in [6.07, 6.45) is 7.64. The van der Waals surface area contributed by atoms with Gasteiger partial charge in [0.2, 0.25) is 0 Å². The lowest BCUT2D eigenvalue weighted by atomic mass is 9.91. The van der Waals surface area contributed by atoms with Gasteiger partial charge >= 0.3 is 6.09 Å². The van der Waals surface area contributed by atoms with E-state index >= 15 is 0 Å². The monoisotopic (exact) mass is 319 g/mol. The Morgan fingerprint density at radius 1 is 1.35 bits per heavy atom. The molecule has 1 amide bonds. The number of aryl methyl sites for hydroxylation is 1. The normalized spacial score (nSPS) is 21.7. The molecule has 0 spiro atoms. The highest BCUT2D eigenvalue weighted by molar-refractivity contribution is 5.68. The Morgan fingerprint density at radius 3 is 2.78 bits per heavy atom. The molecule has 0 aliphatic heterocycles. The number of ether oxygens (including phenoxy) is 1. The zero-order valence-electron chi connectivity index (χ0n) is 14.7. The van der Waals surface area contributed by atoms with Crippen molar-refractivity contribution in [3.63, 3.8) is 0 Å². The number of amides is 1. The predicted octanol–water partition coefficient (Wildman–Crippen LogP) is 3.32. The molecule has 0 radical (unpaired) electrons. The van der Waals surface area contributed by atoms with Crippen LogP contribution in [0.2, 0.25) is 0 Å². The van der Waals surface area contributed by atoms with Gasteiger partial charge < -0.3 is 15.4 Å². The molecule has 2 unspecified atom stereocenters. The molecule has 1 heterocycles. The maximum atomic E-state index is 11.9. The topological polar surface area (TPSA) is 63.2 Å². The van der Waals surface area contributed by atoms with Gasteiger partial charge in [-0.15, -0.1) is 0 Å². The van der Waals surface area contributed by atoms with Crippen molar-refractivity contribution in [3.05, 3.63) is 29.6 Å². The molecule has 2 rings (SSSR count). The second-order valence-corrected chi connectivity index (χ2v) is 7.39. The van der Waals surface area contributed by atoms with Crippen molar-refractivity contribution in [2.75, 3.05) is 0 Å². The standard InChI is InChI=1S/C18H29N3O2/c1-13-8-9-19-11-14(13)12-20-15-6-5-7-16(10-15)21-17(22)23-18(2,3)4/h8-9,11,15-16,20H,5-7,10,12H2,1-4H3,(H,21,22). The predicted molar refractivity (Wildman–Crippen MR) is 91.2 cm³/mol. The zero-order chi connectivity index (χ0) is 16.9. The molecule has 2 atom stereocenters. The van der Waals surface area contributed by atoms with Gasteiger partial charge in [0.15, 0.2) is 0 Å². The molecule has 128 valence electrons. The van der Waals surface area contributed by atoms with Gasteiger partial charge in [-0.3, -0.25) is 4.98 Å². The van der Waals surface area contributed by atoms with E-state index in [1.807, 2.05) is 39.2 Å². The van der Waals surface area contributed by atoms with Gasteiger partial charge in [-0.1, -0.05) is 0 Å². The minimum atomic E-state index is -0.450. The summed E-state index contributed by atoms with van der Waals surface area (Å²) >= 11 is 0. The third-order valence-electron chi connectivity index (χ3n) is 4.12. The van der Waals surface area contributed by atoms with Crippen LogP contribution in [0.3, 0.4) is 0 Å². The highest BCUT2D eigenvalue weighted by atomic mass is 16.6. The third-order valence-corrected chi connectivity index (χ3v) is 4.12. The Bertz CT molecular complexity index is 525. The van der Waals surface area contributed by atoms with E-state index in [2.05, 4.69) is 22.5 Å². The maximum absolute atomic E-state index is 11.9. The van der Waals surface area contributed by atoms with E-state index in [0.717, 1.165) is 32.2 Å². The lowest BCUT2D eigenvalue weighted by Gasteiger charge is -2.31. The van der Waals surface area contributed by atoms with Crippen molar-refractivity contribution in [1.82, 2.24) is 15.6 Å². The number of alkyl carbamates (subject to hydrolysis) is 1.